The maximum atomic E-state index is 2.64. The lowest BCUT2D eigenvalue weighted by Gasteiger charge is -2.43. The summed E-state index contributed by atoms with van der Waals surface area (Å²) in [6.45, 7) is 18.5. The van der Waals surface area contributed by atoms with Gasteiger partial charge >= 0.3 is 0 Å². The van der Waals surface area contributed by atoms with Gasteiger partial charge < -0.3 is 0 Å². The highest BCUT2D eigenvalue weighted by molar-refractivity contribution is 5.08. The van der Waals surface area contributed by atoms with Crippen molar-refractivity contribution in [3.8, 4) is 0 Å². The van der Waals surface area contributed by atoms with Gasteiger partial charge in [-0.15, -0.1) is 0 Å². The maximum Gasteiger partial charge on any atom is 0.0284 e. The molecule has 0 amide bonds. The van der Waals surface area contributed by atoms with E-state index in [9.17, 15) is 0 Å². The highest BCUT2D eigenvalue weighted by atomic mass is 15.2. The molecule has 0 spiro atoms. The third-order valence-electron chi connectivity index (χ3n) is 4.46. The highest BCUT2D eigenvalue weighted by Crippen LogP contribution is 2.26. The summed E-state index contributed by atoms with van der Waals surface area (Å²) in [7, 11) is 0. The Balaban J connectivity index is 2.77. The summed E-state index contributed by atoms with van der Waals surface area (Å²) in [4.78, 5) is 5.28. The fourth-order valence-corrected chi connectivity index (χ4v) is 4.01. The maximum absolute atomic E-state index is 2.64. The molecule has 0 saturated carbocycles. The average Bonchev–Trinajstić information content (AvgIpc) is 2.29. The van der Waals surface area contributed by atoms with Crippen molar-refractivity contribution < 1.29 is 0 Å². The van der Waals surface area contributed by atoms with Gasteiger partial charge in [0.1, 0.15) is 0 Å². The zero-order valence-electron chi connectivity index (χ0n) is 14.9. The fourth-order valence-electron chi connectivity index (χ4n) is 4.01. The molecule has 0 N–H and O–H groups in total. The van der Waals surface area contributed by atoms with Gasteiger partial charge in [0.2, 0.25) is 0 Å². The minimum atomic E-state index is 0.618. The van der Waals surface area contributed by atoms with E-state index in [1.165, 1.54) is 12.8 Å². The van der Waals surface area contributed by atoms with E-state index in [2.05, 4.69) is 77.3 Å². The van der Waals surface area contributed by atoms with Crippen LogP contribution in [0.1, 0.15) is 68.2 Å². The van der Waals surface area contributed by atoms with Crippen LogP contribution in [-0.2, 0) is 0 Å². The molecule has 0 saturated heterocycles. The number of hydrogen-bond donors (Lipinski definition) is 0. The zero-order chi connectivity index (χ0) is 15.4. The Morgan fingerprint density at radius 2 is 0.850 bits per heavy atom. The Bertz CT molecular complexity index is 259. The standard InChI is InChI=1S/C18H36N2/c1-13(2)19(14(3)4)17-9-11-18(12-10-17)20(15(5)6)16(7)8/h9,11,13-18H,10,12H2,1-8H3/t17-,18+. The molecule has 0 aromatic carbocycles. The molecule has 0 aromatic heterocycles. The van der Waals surface area contributed by atoms with Crippen molar-refractivity contribution in [3.05, 3.63) is 12.2 Å². The summed E-state index contributed by atoms with van der Waals surface area (Å²) in [5.41, 5.74) is 0. The van der Waals surface area contributed by atoms with Crippen molar-refractivity contribution in [1.82, 2.24) is 9.80 Å². The van der Waals surface area contributed by atoms with Crippen LogP contribution in [0, 0.1) is 0 Å². The van der Waals surface area contributed by atoms with Gasteiger partial charge in [0.15, 0.2) is 0 Å². The highest BCUT2D eigenvalue weighted by Gasteiger charge is 2.29. The van der Waals surface area contributed by atoms with Crippen LogP contribution in [0.3, 0.4) is 0 Å². The van der Waals surface area contributed by atoms with Crippen molar-refractivity contribution >= 4 is 0 Å². The first kappa shape index (κ1) is 17.7. The normalized spacial score (nSPS) is 24.1. The fraction of sp³-hybridized carbons (Fsp3) is 0.889. The van der Waals surface area contributed by atoms with Gasteiger partial charge in [-0.3, -0.25) is 9.80 Å². The van der Waals surface area contributed by atoms with Crippen LogP contribution in [-0.4, -0.2) is 46.1 Å². The van der Waals surface area contributed by atoms with Crippen LogP contribution in [0.25, 0.3) is 0 Å². The molecule has 2 heteroatoms. The number of nitrogens with zero attached hydrogens (tertiary/aromatic N) is 2. The molecule has 0 aromatic rings. The predicted molar refractivity (Wildman–Crippen MR) is 90.2 cm³/mol. The van der Waals surface area contributed by atoms with Gasteiger partial charge in [0.25, 0.3) is 0 Å². The van der Waals surface area contributed by atoms with E-state index in [-0.39, 0.29) is 0 Å². The van der Waals surface area contributed by atoms with Crippen molar-refractivity contribution in [2.24, 2.45) is 0 Å². The van der Waals surface area contributed by atoms with Crippen molar-refractivity contribution in [3.63, 3.8) is 0 Å². The van der Waals surface area contributed by atoms with Crippen molar-refractivity contribution in [2.45, 2.75) is 104 Å². The van der Waals surface area contributed by atoms with E-state index in [4.69, 9.17) is 0 Å². The molecule has 118 valence electrons. The van der Waals surface area contributed by atoms with E-state index in [0.29, 0.717) is 36.3 Å². The lowest BCUT2D eigenvalue weighted by Crippen LogP contribution is -2.49. The van der Waals surface area contributed by atoms with Gasteiger partial charge in [-0.2, -0.15) is 0 Å². The molecule has 1 aliphatic rings. The van der Waals surface area contributed by atoms with Crippen LogP contribution in [0.5, 0.6) is 0 Å². The van der Waals surface area contributed by atoms with Crippen LogP contribution in [0.4, 0.5) is 0 Å². The molecule has 0 heterocycles. The molecular weight excluding hydrogens is 244 g/mol. The largest absolute Gasteiger partial charge is 0.292 e. The Morgan fingerprint density at radius 3 is 1.00 bits per heavy atom. The SMILES string of the molecule is CC(C)N(C(C)C)[C@@H]1C=C[C@H](N(C(C)C)C(C)C)CC1. The Kier molecular flexibility index (Phi) is 6.74. The molecule has 0 fully saturated rings. The Morgan fingerprint density at radius 1 is 0.600 bits per heavy atom. The van der Waals surface area contributed by atoms with E-state index in [1.807, 2.05) is 0 Å². The van der Waals surface area contributed by atoms with Crippen LogP contribution in [0.2, 0.25) is 0 Å². The molecule has 0 aliphatic heterocycles. The van der Waals surface area contributed by atoms with Gasteiger partial charge in [-0.25, -0.2) is 0 Å². The lowest BCUT2D eigenvalue weighted by atomic mass is 9.93. The number of rotatable bonds is 6. The molecule has 2 nitrogen and oxygen atoms in total. The smallest absolute Gasteiger partial charge is 0.0284 e. The van der Waals surface area contributed by atoms with Crippen molar-refractivity contribution in [1.29, 1.82) is 0 Å². The average molecular weight is 281 g/mol. The summed E-state index contributed by atoms with van der Waals surface area (Å²) < 4.78 is 0. The second-order valence-electron chi connectivity index (χ2n) is 7.37. The van der Waals surface area contributed by atoms with Gasteiger partial charge in [-0.1, -0.05) is 12.2 Å². The van der Waals surface area contributed by atoms with E-state index >= 15 is 0 Å². The molecule has 2 atom stereocenters. The van der Waals surface area contributed by atoms with E-state index in [0.717, 1.165) is 0 Å². The minimum absolute atomic E-state index is 0.618. The Hall–Kier alpha value is -0.340. The van der Waals surface area contributed by atoms with Crippen molar-refractivity contribution in [2.75, 3.05) is 0 Å². The second-order valence-corrected chi connectivity index (χ2v) is 7.37. The minimum Gasteiger partial charge on any atom is -0.292 e. The first-order chi connectivity index (χ1) is 9.25. The molecule has 0 bridgehead atoms. The summed E-state index contributed by atoms with van der Waals surface area (Å²) in [6.07, 6.45) is 7.50. The molecule has 0 unspecified atom stereocenters. The summed E-state index contributed by atoms with van der Waals surface area (Å²) in [6, 6.07) is 3.71. The van der Waals surface area contributed by atoms with Crippen LogP contribution < -0.4 is 0 Å². The first-order valence-electron chi connectivity index (χ1n) is 8.48. The van der Waals surface area contributed by atoms with Crippen LogP contribution in [0.15, 0.2) is 12.2 Å². The lowest BCUT2D eigenvalue weighted by molar-refractivity contribution is 0.0938. The van der Waals surface area contributed by atoms with Gasteiger partial charge in [-0.05, 0) is 68.2 Å². The quantitative estimate of drug-likeness (QED) is 0.669. The zero-order valence-corrected chi connectivity index (χ0v) is 14.9. The summed E-state index contributed by atoms with van der Waals surface area (Å²) >= 11 is 0. The summed E-state index contributed by atoms with van der Waals surface area (Å²) in [5.74, 6) is 0. The van der Waals surface area contributed by atoms with Crippen LogP contribution >= 0.6 is 0 Å². The molecule has 1 aliphatic carbocycles. The number of hydrogen-bond acceptors (Lipinski definition) is 2. The monoisotopic (exact) mass is 280 g/mol. The summed E-state index contributed by atoms with van der Waals surface area (Å²) in [5, 5.41) is 0. The molecule has 20 heavy (non-hydrogen) atoms. The first-order valence-corrected chi connectivity index (χ1v) is 8.48. The third-order valence-corrected chi connectivity index (χ3v) is 4.46. The Labute approximate surface area is 127 Å². The van der Waals surface area contributed by atoms with E-state index < -0.39 is 0 Å². The third kappa shape index (κ3) is 4.33. The second kappa shape index (κ2) is 7.61. The topological polar surface area (TPSA) is 6.48 Å². The van der Waals surface area contributed by atoms with E-state index in [1.54, 1.807) is 0 Å². The molecule has 1 rings (SSSR count). The van der Waals surface area contributed by atoms with Gasteiger partial charge in [0, 0.05) is 36.3 Å². The predicted octanol–water partition coefficient (Wildman–Crippen LogP) is 4.31. The molecular formula is C18H36N2. The molecule has 0 radical (unpaired) electrons. The van der Waals surface area contributed by atoms with Gasteiger partial charge in [0.05, 0.1) is 0 Å².